The van der Waals surface area contributed by atoms with Gasteiger partial charge in [-0.3, -0.25) is 0 Å². The molecule has 0 aliphatic rings. The molecule has 0 fully saturated rings. The van der Waals surface area contributed by atoms with Gasteiger partial charge in [-0.05, 0) is 35.7 Å². The van der Waals surface area contributed by atoms with E-state index in [1.807, 2.05) is 48.5 Å². The summed E-state index contributed by atoms with van der Waals surface area (Å²) in [6, 6.07) is 17.7. The lowest BCUT2D eigenvalue weighted by molar-refractivity contribution is 0.414. The molecule has 1 heterocycles. The van der Waals surface area contributed by atoms with E-state index in [0.717, 1.165) is 40.9 Å². The lowest BCUT2D eigenvalue weighted by Crippen LogP contribution is -2.08. The van der Waals surface area contributed by atoms with Crippen molar-refractivity contribution in [3.63, 3.8) is 0 Å². The summed E-state index contributed by atoms with van der Waals surface area (Å²) in [6.45, 7) is 1.38. The first kappa shape index (κ1) is 18.0. The summed E-state index contributed by atoms with van der Waals surface area (Å²) in [5.74, 6) is 2.41. The average molecular weight is 369 g/mol. The van der Waals surface area contributed by atoms with Crippen LogP contribution in [0.2, 0.25) is 5.02 Å². The van der Waals surface area contributed by atoms with Gasteiger partial charge in [0, 0.05) is 24.2 Å². The Labute approximate surface area is 158 Å². The van der Waals surface area contributed by atoms with E-state index in [9.17, 15) is 0 Å². The molecule has 0 bridgehead atoms. The molecule has 0 amide bonds. The first-order valence-corrected chi connectivity index (χ1v) is 8.78. The summed E-state index contributed by atoms with van der Waals surface area (Å²) < 4.78 is 5.25. The van der Waals surface area contributed by atoms with E-state index in [0.29, 0.717) is 6.54 Å². The molecule has 0 atom stereocenters. The van der Waals surface area contributed by atoms with Crippen molar-refractivity contribution in [2.45, 2.75) is 13.0 Å². The van der Waals surface area contributed by atoms with Crippen molar-refractivity contribution < 1.29 is 4.74 Å². The van der Waals surface area contributed by atoms with Crippen molar-refractivity contribution >= 4 is 23.2 Å². The van der Waals surface area contributed by atoms with Crippen LogP contribution in [0.25, 0.3) is 0 Å². The van der Waals surface area contributed by atoms with Crippen LogP contribution in [-0.2, 0) is 13.0 Å². The number of nitrogens with one attached hydrogen (secondary N) is 2. The minimum absolute atomic E-state index is 0.611. The average Bonchev–Trinajstić information content (AvgIpc) is 2.68. The van der Waals surface area contributed by atoms with Crippen LogP contribution in [0.1, 0.15) is 11.1 Å². The molecular formula is C20H21ClN4O. The highest BCUT2D eigenvalue weighted by atomic mass is 35.5. The third-order valence-corrected chi connectivity index (χ3v) is 4.31. The van der Waals surface area contributed by atoms with Gasteiger partial charge >= 0.3 is 0 Å². The van der Waals surface area contributed by atoms with E-state index < -0.39 is 0 Å². The van der Waals surface area contributed by atoms with Crippen LogP contribution >= 0.6 is 11.6 Å². The van der Waals surface area contributed by atoms with E-state index in [4.69, 9.17) is 16.3 Å². The molecule has 0 radical (unpaired) electrons. The smallest absolute Gasteiger partial charge is 0.131 e. The maximum absolute atomic E-state index is 6.18. The molecular weight excluding hydrogens is 348 g/mol. The van der Waals surface area contributed by atoms with Gasteiger partial charge in [0.05, 0.1) is 7.11 Å². The highest BCUT2D eigenvalue weighted by Gasteiger charge is 2.02. The predicted octanol–water partition coefficient (Wildman–Crippen LogP) is 4.41. The zero-order valence-corrected chi connectivity index (χ0v) is 15.3. The minimum atomic E-state index is 0.611. The van der Waals surface area contributed by atoms with E-state index in [1.54, 1.807) is 13.4 Å². The fourth-order valence-corrected chi connectivity index (χ4v) is 2.74. The van der Waals surface area contributed by atoms with Crippen molar-refractivity contribution in [3.8, 4) is 5.75 Å². The van der Waals surface area contributed by atoms with Gasteiger partial charge in [0.15, 0.2) is 0 Å². The Hall–Kier alpha value is -2.79. The lowest BCUT2D eigenvalue weighted by atomic mass is 10.1. The number of halogens is 1. The zero-order chi connectivity index (χ0) is 18.2. The number of anilines is 2. The molecule has 6 heteroatoms. The molecule has 3 aromatic rings. The first-order valence-electron chi connectivity index (χ1n) is 8.41. The quantitative estimate of drug-likeness (QED) is 0.617. The summed E-state index contributed by atoms with van der Waals surface area (Å²) in [6.07, 6.45) is 2.42. The van der Waals surface area contributed by atoms with Crippen LogP contribution in [0.4, 0.5) is 11.6 Å². The number of aromatic nitrogens is 2. The third kappa shape index (κ3) is 5.10. The van der Waals surface area contributed by atoms with Crippen LogP contribution in [0.3, 0.4) is 0 Å². The van der Waals surface area contributed by atoms with E-state index >= 15 is 0 Å². The number of ether oxygens (including phenoxy) is 1. The molecule has 0 saturated carbocycles. The molecule has 0 saturated heterocycles. The van der Waals surface area contributed by atoms with Gasteiger partial charge in [-0.1, -0.05) is 41.9 Å². The molecule has 2 N–H and O–H groups in total. The summed E-state index contributed by atoms with van der Waals surface area (Å²) >= 11 is 6.18. The van der Waals surface area contributed by atoms with Crippen LogP contribution in [-0.4, -0.2) is 23.6 Å². The highest BCUT2D eigenvalue weighted by molar-refractivity contribution is 6.31. The van der Waals surface area contributed by atoms with Crippen molar-refractivity contribution in [2.24, 2.45) is 0 Å². The van der Waals surface area contributed by atoms with Crippen molar-refractivity contribution in [1.82, 2.24) is 9.97 Å². The standard InChI is InChI=1S/C20H21ClN4O/c1-26-17-7-4-5-15(11-17)9-10-22-19-12-20(25-14-24-19)23-13-16-6-2-3-8-18(16)21/h2-8,11-12,14H,9-10,13H2,1H3,(H2,22,23,24,25). The Morgan fingerprint density at radius 3 is 2.58 bits per heavy atom. The maximum Gasteiger partial charge on any atom is 0.131 e. The number of hydrogen-bond acceptors (Lipinski definition) is 5. The lowest BCUT2D eigenvalue weighted by Gasteiger charge is -2.10. The van der Waals surface area contributed by atoms with Gasteiger partial charge in [-0.2, -0.15) is 0 Å². The van der Waals surface area contributed by atoms with Gasteiger partial charge in [0.2, 0.25) is 0 Å². The molecule has 26 heavy (non-hydrogen) atoms. The van der Waals surface area contributed by atoms with Gasteiger partial charge in [-0.15, -0.1) is 0 Å². The van der Waals surface area contributed by atoms with Crippen molar-refractivity contribution in [3.05, 3.63) is 77.1 Å². The second-order valence-electron chi connectivity index (χ2n) is 5.76. The van der Waals surface area contributed by atoms with Crippen LogP contribution in [0, 0.1) is 0 Å². The number of rotatable bonds is 8. The Morgan fingerprint density at radius 1 is 0.962 bits per heavy atom. The molecule has 2 aromatic carbocycles. The van der Waals surface area contributed by atoms with E-state index in [1.165, 1.54) is 5.56 Å². The van der Waals surface area contributed by atoms with Crippen molar-refractivity contribution in [2.75, 3.05) is 24.3 Å². The number of hydrogen-bond donors (Lipinski definition) is 2. The van der Waals surface area contributed by atoms with Crippen LogP contribution < -0.4 is 15.4 Å². The van der Waals surface area contributed by atoms with E-state index in [-0.39, 0.29) is 0 Å². The fraction of sp³-hybridized carbons (Fsp3) is 0.200. The monoisotopic (exact) mass is 368 g/mol. The predicted molar refractivity (Wildman–Crippen MR) is 106 cm³/mol. The first-order chi connectivity index (χ1) is 12.7. The third-order valence-electron chi connectivity index (χ3n) is 3.94. The van der Waals surface area contributed by atoms with Gasteiger partial charge < -0.3 is 15.4 Å². The van der Waals surface area contributed by atoms with E-state index in [2.05, 4.69) is 26.7 Å². The normalized spacial score (nSPS) is 10.4. The molecule has 3 rings (SSSR count). The topological polar surface area (TPSA) is 59.1 Å². The zero-order valence-electron chi connectivity index (χ0n) is 14.6. The molecule has 134 valence electrons. The van der Waals surface area contributed by atoms with Crippen LogP contribution in [0.15, 0.2) is 60.9 Å². The molecule has 5 nitrogen and oxygen atoms in total. The second kappa shape index (κ2) is 9.06. The number of methoxy groups -OCH3 is 1. The van der Waals surface area contributed by atoms with Gasteiger partial charge in [0.1, 0.15) is 23.7 Å². The Bertz CT molecular complexity index is 856. The minimum Gasteiger partial charge on any atom is -0.497 e. The van der Waals surface area contributed by atoms with Crippen molar-refractivity contribution in [1.29, 1.82) is 0 Å². The largest absolute Gasteiger partial charge is 0.497 e. The van der Waals surface area contributed by atoms with Gasteiger partial charge in [-0.25, -0.2) is 9.97 Å². The molecule has 1 aromatic heterocycles. The Kier molecular flexibility index (Phi) is 6.28. The Balaban J connectivity index is 1.53. The maximum atomic E-state index is 6.18. The highest BCUT2D eigenvalue weighted by Crippen LogP contribution is 2.17. The number of benzene rings is 2. The summed E-state index contributed by atoms with van der Waals surface area (Å²) in [7, 11) is 1.68. The molecule has 0 unspecified atom stereocenters. The number of nitrogens with zero attached hydrogens (tertiary/aromatic N) is 2. The molecule has 0 aliphatic heterocycles. The second-order valence-corrected chi connectivity index (χ2v) is 6.17. The molecule has 0 aliphatic carbocycles. The van der Waals surface area contributed by atoms with Gasteiger partial charge in [0.25, 0.3) is 0 Å². The summed E-state index contributed by atoms with van der Waals surface area (Å²) in [4.78, 5) is 8.52. The summed E-state index contributed by atoms with van der Waals surface area (Å²) in [5.41, 5.74) is 2.24. The summed E-state index contributed by atoms with van der Waals surface area (Å²) in [5, 5.41) is 7.34. The molecule has 0 spiro atoms. The Morgan fingerprint density at radius 2 is 1.77 bits per heavy atom. The fourth-order valence-electron chi connectivity index (χ4n) is 2.54. The van der Waals surface area contributed by atoms with Crippen LogP contribution in [0.5, 0.6) is 5.75 Å². The SMILES string of the molecule is COc1cccc(CCNc2cc(NCc3ccccc3Cl)ncn2)c1.